The number of hydrogen-bond acceptors (Lipinski definition) is 5. The number of sulfonamides is 1. The van der Waals surface area contributed by atoms with Crippen LogP contribution in [0.3, 0.4) is 0 Å². The maximum Gasteiger partial charge on any atom is 0.435 e. The molecule has 154 valence electrons. The van der Waals surface area contributed by atoms with Crippen LogP contribution < -0.4 is 15.8 Å². The average Bonchev–Trinajstić information content (AvgIpc) is 2.86. The van der Waals surface area contributed by atoms with Crippen molar-refractivity contribution in [1.29, 1.82) is 0 Å². The van der Waals surface area contributed by atoms with E-state index in [2.05, 4.69) is 0 Å². The first-order chi connectivity index (χ1) is 13.0. The van der Waals surface area contributed by atoms with Gasteiger partial charge >= 0.3 is 12.2 Å². The van der Waals surface area contributed by atoms with Crippen molar-refractivity contribution in [1.82, 2.24) is 14.9 Å². The molecule has 1 saturated carbocycles. The minimum Gasteiger partial charge on any atom is -0.399 e. The molecule has 12 heteroatoms. The van der Waals surface area contributed by atoms with Gasteiger partial charge in [-0.1, -0.05) is 19.3 Å². The number of amides is 3. The summed E-state index contributed by atoms with van der Waals surface area (Å²) in [4.78, 5) is 25.0. The predicted octanol–water partition coefficient (Wildman–Crippen LogP) is 1.69. The number of alkyl halides is 3. The zero-order valence-corrected chi connectivity index (χ0v) is 15.4. The Morgan fingerprint density at radius 2 is 1.68 bits per heavy atom. The van der Waals surface area contributed by atoms with Crippen molar-refractivity contribution in [2.24, 2.45) is 0 Å². The standard InChI is InChI=1S/C16H19F3N4O4S/c17-16(18,19)15(22-28(26,27)12-8-6-10(20)7-9-12)13(24)23(14(25)21-15)11-4-2-1-3-5-11/h6-9,11,22H,1-5,20H2,(H,21,25)/t15-/m1/s1. The zero-order chi connectivity index (χ0) is 20.7. The molecule has 1 aliphatic carbocycles. The van der Waals surface area contributed by atoms with E-state index < -0.39 is 44.7 Å². The first-order valence-electron chi connectivity index (χ1n) is 8.60. The summed E-state index contributed by atoms with van der Waals surface area (Å²) in [5, 5.41) is 1.54. The molecular formula is C16H19F3N4O4S. The van der Waals surface area contributed by atoms with E-state index in [-0.39, 0.29) is 5.69 Å². The molecule has 0 unspecified atom stereocenters. The van der Waals surface area contributed by atoms with Crippen LogP contribution >= 0.6 is 0 Å². The van der Waals surface area contributed by atoms with E-state index in [0.29, 0.717) is 30.6 Å². The Morgan fingerprint density at radius 1 is 1.11 bits per heavy atom. The molecular weight excluding hydrogens is 401 g/mol. The summed E-state index contributed by atoms with van der Waals surface area (Å²) in [6.45, 7) is 0. The van der Waals surface area contributed by atoms with Crippen molar-refractivity contribution in [2.45, 2.75) is 54.9 Å². The zero-order valence-electron chi connectivity index (χ0n) is 14.6. The lowest BCUT2D eigenvalue weighted by Gasteiger charge is -2.32. The molecule has 0 spiro atoms. The number of benzene rings is 1. The summed E-state index contributed by atoms with van der Waals surface area (Å²) >= 11 is 0. The largest absolute Gasteiger partial charge is 0.435 e. The fourth-order valence-corrected chi connectivity index (χ4v) is 4.71. The van der Waals surface area contributed by atoms with Crippen molar-refractivity contribution < 1.29 is 31.2 Å². The van der Waals surface area contributed by atoms with Gasteiger partial charge in [0.25, 0.3) is 11.6 Å². The van der Waals surface area contributed by atoms with E-state index in [9.17, 15) is 31.2 Å². The fourth-order valence-electron chi connectivity index (χ4n) is 3.44. The van der Waals surface area contributed by atoms with Gasteiger partial charge in [0.2, 0.25) is 10.0 Å². The van der Waals surface area contributed by atoms with Crippen LogP contribution in [-0.2, 0) is 14.8 Å². The minimum absolute atomic E-state index is 0.207. The van der Waals surface area contributed by atoms with Gasteiger partial charge in [-0.2, -0.15) is 17.9 Å². The topological polar surface area (TPSA) is 122 Å². The fraction of sp³-hybridized carbons (Fsp3) is 0.500. The van der Waals surface area contributed by atoms with E-state index in [1.165, 1.54) is 22.2 Å². The highest BCUT2D eigenvalue weighted by molar-refractivity contribution is 7.89. The number of rotatable bonds is 4. The second-order valence-electron chi connectivity index (χ2n) is 6.82. The van der Waals surface area contributed by atoms with Crippen LogP contribution in [0, 0.1) is 0 Å². The lowest BCUT2D eigenvalue weighted by Crippen LogP contribution is -2.69. The molecule has 1 saturated heterocycles. The smallest absolute Gasteiger partial charge is 0.399 e. The summed E-state index contributed by atoms with van der Waals surface area (Å²) in [5.74, 6) is -1.67. The van der Waals surface area contributed by atoms with Crippen molar-refractivity contribution in [2.75, 3.05) is 5.73 Å². The van der Waals surface area contributed by atoms with Crippen LogP contribution in [0.4, 0.5) is 23.7 Å². The highest BCUT2D eigenvalue weighted by Gasteiger charge is 2.70. The van der Waals surface area contributed by atoms with E-state index in [1.807, 2.05) is 0 Å². The Morgan fingerprint density at radius 3 is 2.21 bits per heavy atom. The van der Waals surface area contributed by atoms with Crippen LogP contribution in [0.1, 0.15) is 32.1 Å². The molecule has 0 aromatic heterocycles. The third-order valence-electron chi connectivity index (χ3n) is 4.90. The third kappa shape index (κ3) is 3.41. The molecule has 1 aromatic carbocycles. The van der Waals surface area contributed by atoms with Crippen molar-refractivity contribution in [3.8, 4) is 0 Å². The molecule has 2 aliphatic rings. The molecule has 8 nitrogen and oxygen atoms in total. The number of anilines is 1. The highest BCUT2D eigenvalue weighted by atomic mass is 32.2. The normalized spacial score (nSPS) is 24.5. The van der Waals surface area contributed by atoms with Crippen LogP contribution in [0.15, 0.2) is 29.2 Å². The van der Waals surface area contributed by atoms with E-state index in [4.69, 9.17) is 5.73 Å². The van der Waals surface area contributed by atoms with Gasteiger partial charge < -0.3 is 11.1 Å². The quantitative estimate of drug-likeness (QED) is 0.506. The summed E-state index contributed by atoms with van der Waals surface area (Å²) < 4.78 is 68.0. The summed E-state index contributed by atoms with van der Waals surface area (Å²) in [7, 11) is -4.80. The highest BCUT2D eigenvalue weighted by Crippen LogP contribution is 2.37. The number of nitrogens with one attached hydrogen (secondary N) is 2. The molecule has 2 fully saturated rings. The van der Waals surface area contributed by atoms with Crippen LogP contribution in [0.2, 0.25) is 0 Å². The number of nitrogens with zero attached hydrogens (tertiary/aromatic N) is 1. The Hall–Kier alpha value is -2.34. The Balaban J connectivity index is 1.99. The number of imide groups is 1. The number of carbonyl (C=O) groups is 2. The molecule has 1 heterocycles. The lowest BCUT2D eigenvalue weighted by atomic mass is 9.94. The van der Waals surface area contributed by atoms with Crippen LogP contribution in [0.5, 0.6) is 0 Å². The van der Waals surface area contributed by atoms with E-state index in [0.717, 1.165) is 18.6 Å². The Kier molecular flexibility index (Phi) is 5.04. The molecule has 1 atom stereocenters. The summed E-state index contributed by atoms with van der Waals surface area (Å²) in [5.41, 5.74) is 1.90. The van der Waals surface area contributed by atoms with E-state index in [1.54, 1.807) is 0 Å². The predicted molar refractivity (Wildman–Crippen MR) is 92.2 cm³/mol. The number of urea groups is 1. The maximum atomic E-state index is 13.9. The molecule has 1 aliphatic heterocycles. The Bertz CT molecular complexity index is 882. The SMILES string of the molecule is Nc1ccc(S(=O)(=O)N[C@]2(C(F)(F)F)NC(=O)N(C3CCCCC3)C2=O)cc1. The van der Waals surface area contributed by atoms with Gasteiger partial charge in [-0.3, -0.25) is 9.69 Å². The third-order valence-corrected chi connectivity index (χ3v) is 6.36. The van der Waals surface area contributed by atoms with Crippen molar-refractivity contribution in [3.63, 3.8) is 0 Å². The maximum absolute atomic E-state index is 13.9. The minimum atomic E-state index is -5.40. The first-order valence-corrected chi connectivity index (χ1v) is 10.1. The molecule has 0 bridgehead atoms. The van der Waals surface area contributed by atoms with E-state index >= 15 is 0 Å². The van der Waals surface area contributed by atoms with Gasteiger partial charge in [0.15, 0.2) is 0 Å². The van der Waals surface area contributed by atoms with Crippen LogP contribution in [0.25, 0.3) is 0 Å². The van der Waals surface area contributed by atoms with Gasteiger partial charge in [0, 0.05) is 11.7 Å². The average molecular weight is 420 g/mol. The lowest BCUT2D eigenvalue weighted by molar-refractivity contribution is -0.198. The molecule has 4 N–H and O–H groups in total. The van der Waals surface area contributed by atoms with Crippen LogP contribution in [-0.4, -0.2) is 43.1 Å². The Labute approximate surface area is 159 Å². The number of halogens is 3. The summed E-state index contributed by atoms with van der Waals surface area (Å²) in [6, 6.07) is 2.42. The molecule has 3 amide bonds. The number of hydrogen-bond donors (Lipinski definition) is 3. The molecule has 28 heavy (non-hydrogen) atoms. The molecule has 1 aromatic rings. The number of nitrogen functional groups attached to an aromatic ring is 1. The van der Waals surface area contributed by atoms with Gasteiger partial charge in [-0.05, 0) is 37.1 Å². The number of nitrogens with two attached hydrogens (primary N) is 1. The number of carbonyl (C=O) groups excluding carboxylic acids is 2. The molecule has 3 rings (SSSR count). The van der Waals surface area contributed by atoms with Crippen molar-refractivity contribution in [3.05, 3.63) is 24.3 Å². The molecule has 0 radical (unpaired) electrons. The van der Waals surface area contributed by atoms with Gasteiger partial charge in [-0.15, -0.1) is 0 Å². The summed E-state index contributed by atoms with van der Waals surface area (Å²) in [6.07, 6.45) is -2.47. The van der Waals surface area contributed by atoms with Gasteiger partial charge in [0.1, 0.15) is 0 Å². The monoisotopic (exact) mass is 420 g/mol. The van der Waals surface area contributed by atoms with Crippen molar-refractivity contribution >= 4 is 27.6 Å². The van der Waals surface area contributed by atoms with Gasteiger partial charge in [0.05, 0.1) is 4.90 Å². The first kappa shape index (κ1) is 20.4. The van der Waals surface area contributed by atoms with Gasteiger partial charge in [-0.25, -0.2) is 13.2 Å². The second kappa shape index (κ2) is 6.92. The second-order valence-corrected chi connectivity index (χ2v) is 8.50.